The van der Waals surface area contributed by atoms with Gasteiger partial charge in [-0.3, -0.25) is 0 Å². The fourth-order valence-electron chi connectivity index (χ4n) is 2.51. The van der Waals surface area contributed by atoms with Crippen LogP contribution in [0.3, 0.4) is 0 Å². The Balaban J connectivity index is 2.35. The quantitative estimate of drug-likeness (QED) is 0.897. The van der Waals surface area contributed by atoms with Crippen LogP contribution in [-0.2, 0) is 16.6 Å². The summed E-state index contributed by atoms with van der Waals surface area (Å²) < 4.78 is 27.1. The van der Waals surface area contributed by atoms with Crippen molar-refractivity contribution in [3.63, 3.8) is 0 Å². The maximum atomic E-state index is 12.8. The smallest absolute Gasteiger partial charge is 0.243 e. The number of aliphatic hydroxyl groups is 1. The first-order valence-electron chi connectivity index (χ1n) is 6.85. The van der Waals surface area contributed by atoms with Crippen molar-refractivity contribution < 1.29 is 13.5 Å². The van der Waals surface area contributed by atoms with E-state index in [2.05, 4.69) is 4.90 Å². The van der Waals surface area contributed by atoms with Crippen molar-refractivity contribution in [3.05, 3.63) is 29.3 Å². The molecule has 1 aromatic carbocycles. The predicted molar refractivity (Wildman–Crippen MR) is 78.0 cm³/mol. The van der Waals surface area contributed by atoms with E-state index in [4.69, 9.17) is 0 Å². The highest BCUT2D eigenvalue weighted by Crippen LogP contribution is 2.23. The van der Waals surface area contributed by atoms with Crippen LogP contribution >= 0.6 is 0 Å². The number of hydrogen-bond acceptors (Lipinski definition) is 4. The number of sulfonamides is 1. The Bertz CT molecular complexity index is 572. The number of hydrogen-bond donors (Lipinski definition) is 1. The molecule has 0 aliphatic carbocycles. The van der Waals surface area contributed by atoms with Gasteiger partial charge in [0.25, 0.3) is 0 Å². The number of benzene rings is 1. The van der Waals surface area contributed by atoms with Gasteiger partial charge in [-0.25, -0.2) is 8.42 Å². The molecule has 0 radical (unpaired) electrons. The van der Waals surface area contributed by atoms with Crippen LogP contribution in [0.4, 0.5) is 0 Å². The first-order valence-corrected chi connectivity index (χ1v) is 8.29. The fraction of sp³-hybridized carbons (Fsp3) is 0.571. The van der Waals surface area contributed by atoms with Crippen LogP contribution < -0.4 is 0 Å². The molecule has 1 N–H and O–H groups in total. The molecule has 1 saturated heterocycles. The van der Waals surface area contributed by atoms with Gasteiger partial charge in [0, 0.05) is 19.6 Å². The molecule has 2 rings (SSSR count). The minimum Gasteiger partial charge on any atom is -0.392 e. The summed E-state index contributed by atoms with van der Waals surface area (Å²) >= 11 is 0. The van der Waals surface area contributed by atoms with Crippen molar-refractivity contribution in [1.82, 2.24) is 9.21 Å². The number of likely N-dealkylation sites (N-methyl/N-ethyl adjacent to an activating group) is 1. The first kappa shape index (κ1) is 15.4. The SMILES string of the molecule is Cc1c(CO)cccc1S(=O)(=O)N1CCCN(C)CC1. The second kappa shape index (κ2) is 6.22. The predicted octanol–water partition coefficient (Wildman–Crippen LogP) is 0.814. The van der Waals surface area contributed by atoms with Crippen LogP contribution in [-0.4, -0.2) is 56.0 Å². The highest BCUT2D eigenvalue weighted by atomic mass is 32.2. The molecule has 1 aromatic rings. The summed E-state index contributed by atoms with van der Waals surface area (Å²) in [7, 11) is -1.47. The molecule has 0 saturated carbocycles. The van der Waals surface area contributed by atoms with Crippen LogP contribution in [0.25, 0.3) is 0 Å². The summed E-state index contributed by atoms with van der Waals surface area (Å²) in [4.78, 5) is 2.46. The molecule has 1 aliphatic rings. The van der Waals surface area contributed by atoms with E-state index in [1.54, 1.807) is 29.4 Å². The van der Waals surface area contributed by atoms with Gasteiger partial charge in [-0.15, -0.1) is 0 Å². The van der Waals surface area contributed by atoms with Gasteiger partial charge in [-0.1, -0.05) is 12.1 Å². The van der Waals surface area contributed by atoms with Crippen molar-refractivity contribution in [2.24, 2.45) is 0 Å². The number of nitrogens with zero attached hydrogens (tertiary/aromatic N) is 2. The Hall–Kier alpha value is -0.950. The lowest BCUT2D eigenvalue weighted by atomic mass is 10.1. The largest absolute Gasteiger partial charge is 0.392 e. The average molecular weight is 298 g/mol. The van der Waals surface area contributed by atoms with Gasteiger partial charge >= 0.3 is 0 Å². The molecule has 0 aromatic heterocycles. The Morgan fingerprint density at radius 3 is 2.65 bits per heavy atom. The number of aliphatic hydroxyl groups excluding tert-OH is 1. The normalized spacial score (nSPS) is 18.9. The Morgan fingerprint density at radius 1 is 1.20 bits per heavy atom. The maximum absolute atomic E-state index is 12.8. The van der Waals surface area contributed by atoms with Gasteiger partial charge in [-0.05, 0) is 44.1 Å². The van der Waals surface area contributed by atoms with Crippen molar-refractivity contribution in [2.75, 3.05) is 33.2 Å². The third-order valence-corrected chi connectivity index (χ3v) is 5.91. The molecule has 0 amide bonds. The van der Waals surface area contributed by atoms with Crippen molar-refractivity contribution >= 4 is 10.0 Å². The molecule has 112 valence electrons. The third-order valence-electron chi connectivity index (χ3n) is 3.86. The summed E-state index contributed by atoms with van der Waals surface area (Å²) in [5.41, 5.74) is 1.31. The monoisotopic (exact) mass is 298 g/mol. The summed E-state index contributed by atoms with van der Waals surface area (Å²) in [6, 6.07) is 5.07. The summed E-state index contributed by atoms with van der Waals surface area (Å²) in [5.74, 6) is 0. The van der Waals surface area contributed by atoms with Crippen LogP contribution in [0, 0.1) is 6.92 Å². The summed E-state index contributed by atoms with van der Waals surface area (Å²) in [6.07, 6.45) is 0.842. The minimum absolute atomic E-state index is 0.141. The van der Waals surface area contributed by atoms with Gasteiger partial charge in [-0.2, -0.15) is 4.31 Å². The van der Waals surface area contributed by atoms with E-state index < -0.39 is 10.0 Å². The van der Waals surface area contributed by atoms with E-state index in [9.17, 15) is 13.5 Å². The van der Waals surface area contributed by atoms with Crippen molar-refractivity contribution in [2.45, 2.75) is 24.8 Å². The Kier molecular flexibility index (Phi) is 4.80. The van der Waals surface area contributed by atoms with Gasteiger partial charge < -0.3 is 10.0 Å². The van der Waals surface area contributed by atoms with Crippen LogP contribution in [0.2, 0.25) is 0 Å². The Morgan fingerprint density at radius 2 is 1.95 bits per heavy atom. The fourth-order valence-corrected chi connectivity index (χ4v) is 4.25. The van der Waals surface area contributed by atoms with Gasteiger partial charge in [0.1, 0.15) is 0 Å². The van der Waals surface area contributed by atoms with E-state index in [1.165, 1.54) is 0 Å². The van der Waals surface area contributed by atoms with Crippen molar-refractivity contribution in [1.29, 1.82) is 0 Å². The molecule has 5 nitrogen and oxygen atoms in total. The lowest BCUT2D eigenvalue weighted by molar-refractivity contribution is 0.280. The standard InChI is InChI=1S/C14H22N2O3S/c1-12-13(11-17)5-3-6-14(12)20(18,19)16-8-4-7-15(2)9-10-16/h3,5-6,17H,4,7-11H2,1-2H3. The second-order valence-electron chi connectivity index (χ2n) is 5.26. The van der Waals surface area contributed by atoms with E-state index in [0.29, 0.717) is 29.1 Å². The summed E-state index contributed by atoms with van der Waals surface area (Å²) in [6.45, 7) is 4.34. The second-order valence-corrected chi connectivity index (χ2v) is 7.17. The molecule has 0 atom stereocenters. The molecule has 1 fully saturated rings. The van der Waals surface area contributed by atoms with E-state index >= 15 is 0 Å². The minimum atomic E-state index is -3.48. The van der Waals surface area contributed by atoms with Crippen LogP contribution in [0.5, 0.6) is 0 Å². The molecular weight excluding hydrogens is 276 g/mol. The molecule has 0 unspecified atom stereocenters. The van der Waals surface area contributed by atoms with Gasteiger partial charge in [0.2, 0.25) is 10.0 Å². The van der Waals surface area contributed by atoms with Crippen LogP contribution in [0.15, 0.2) is 23.1 Å². The molecule has 0 bridgehead atoms. The highest BCUT2D eigenvalue weighted by Gasteiger charge is 2.27. The number of rotatable bonds is 3. The topological polar surface area (TPSA) is 60.9 Å². The van der Waals surface area contributed by atoms with E-state index in [1.807, 2.05) is 7.05 Å². The lowest BCUT2D eigenvalue weighted by Crippen LogP contribution is -2.35. The molecule has 1 aliphatic heterocycles. The first-order chi connectivity index (χ1) is 9.46. The zero-order valence-corrected chi connectivity index (χ0v) is 12.9. The van der Waals surface area contributed by atoms with E-state index in [0.717, 1.165) is 19.5 Å². The zero-order valence-electron chi connectivity index (χ0n) is 12.0. The summed E-state index contributed by atoms with van der Waals surface area (Å²) in [5, 5.41) is 9.28. The molecule has 1 heterocycles. The average Bonchev–Trinajstić information content (AvgIpc) is 2.64. The van der Waals surface area contributed by atoms with Gasteiger partial charge in [0.05, 0.1) is 11.5 Å². The van der Waals surface area contributed by atoms with Crippen LogP contribution in [0.1, 0.15) is 17.5 Å². The highest BCUT2D eigenvalue weighted by molar-refractivity contribution is 7.89. The molecule has 0 spiro atoms. The molecule has 20 heavy (non-hydrogen) atoms. The lowest BCUT2D eigenvalue weighted by Gasteiger charge is -2.22. The maximum Gasteiger partial charge on any atom is 0.243 e. The van der Waals surface area contributed by atoms with Crippen molar-refractivity contribution in [3.8, 4) is 0 Å². The zero-order chi connectivity index (χ0) is 14.8. The molecule has 6 heteroatoms. The Labute approximate surface area is 120 Å². The van der Waals surface area contributed by atoms with Gasteiger partial charge in [0.15, 0.2) is 0 Å². The third kappa shape index (κ3) is 3.03. The van der Waals surface area contributed by atoms with E-state index in [-0.39, 0.29) is 6.61 Å². The molecular formula is C14H22N2O3S.